The molecule has 3 aliphatic carbocycles. The van der Waals surface area contributed by atoms with Crippen molar-refractivity contribution in [3.05, 3.63) is 66.0 Å². The van der Waals surface area contributed by atoms with Crippen LogP contribution in [0.5, 0.6) is 5.75 Å². The van der Waals surface area contributed by atoms with Crippen LogP contribution in [0.3, 0.4) is 0 Å². The second kappa shape index (κ2) is 5.70. The van der Waals surface area contributed by atoms with Crippen LogP contribution in [0.4, 0.5) is 4.79 Å². The number of amides is 1. The predicted octanol–water partition coefficient (Wildman–Crippen LogP) is 4.60. The molecule has 1 heterocycles. The van der Waals surface area contributed by atoms with Gasteiger partial charge in [-0.2, -0.15) is 0 Å². The number of benzene rings is 1. The Morgan fingerprint density at radius 1 is 1.19 bits per heavy atom. The third-order valence-electron chi connectivity index (χ3n) is 6.40. The molecule has 4 aliphatic rings. The van der Waals surface area contributed by atoms with Gasteiger partial charge in [0.25, 0.3) is 0 Å². The van der Waals surface area contributed by atoms with Crippen LogP contribution in [0.15, 0.2) is 66.0 Å². The van der Waals surface area contributed by atoms with E-state index in [2.05, 4.69) is 0 Å². The first kappa shape index (κ1) is 15.6. The van der Waals surface area contributed by atoms with E-state index in [1.807, 2.05) is 36.6 Å². The standard InChI is InChI=1S/C22H21NO3/c24-19-12-16-6-4-5-10-22(16)13-15-14-23(11-9-18(15)20(19)22)21(25)26-17-7-2-1-3-8-17/h1-3,7-9,11-12,14,18,20H,4-6,10,13H2/t18?,20-,22+/m0/s1. The maximum atomic E-state index is 12.7. The lowest BCUT2D eigenvalue weighted by Gasteiger charge is -2.36. The monoisotopic (exact) mass is 347 g/mol. The fourth-order valence-electron chi connectivity index (χ4n) is 5.33. The maximum absolute atomic E-state index is 12.7. The van der Waals surface area contributed by atoms with E-state index in [0.717, 1.165) is 19.3 Å². The lowest BCUT2D eigenvalue weighted by molar-refractivity contribution is -0.120. The normalized spacial score (nSPS) is 31.7. The van der Waals surface area contributed by atoms with Gasteiger partial charge in [-0.05, 0) is 49.5 Å². The number of para-hydroxylation sites is 1. The van der Waals surface area contributed by atoms with Gasteiger partial charge in [0.2, 0.25) is 0 Å². The Hall–Kier alpha value is -2.62. The number of rotatable bonds is 1. The molecule has 2 fully saturated rings. The fraction of sp³-hybridized carbons (Fsp3) is 0.364. The molecule has 1 unspecified atom stereocenters. The van der Waals surface area contributed by atoms with Gasteiger partial charge in [0.1, 0.15) is 5.75 Å². The van der Waals surface area contributed by atoms with E-state index < -0.39 is 6.09 Å². The summed E-state index contributed by atoms with van der Waals surface area (Å²) in [6.07, 6.45) is 12.6. The number of allylic oxidation sites excluding steroid dienone is 4. The molecule has 26 heavy (non-hydrogen) atoms. The second-order valence-corrected chi connectivity index (χ2v) is 7.75. The summed E-state index contributed by atoms with van der Waals surface area (Å²) in [7, 11) is 0. The summed E-state index contributed by atoms with van der Waals surface area (Å²) in [6, 6.07) is 9.08. The van der Waals surface area contributed by atoms with Crippen molar-refractivity contribution in [1.82, 2.24) is 4.90 Å². The molecule has 0 N–H and O–H groups in total. The van der Waals surface area contributed by atoms with Crippen molar-refractivity contribution in [1.29, 1.82) is 0 Å². The van der Waals surface area contributed by atoms with Crippen molar-refractivity contribution in [2.45, 2.75) is 32.1 Å². The summed E-state index contributed by atoms with van der Waals surface area (Å²) in [5.41, 5.74) is 2.54. The fourth-order valence-corrected chi connectivity index (χ4v) is 5.33. The average Bonchev–Trinajstić information content (AvgIpc) is 3.12. The van der Waals surface area contributed by atoms with Gasteiger partial charge in [0.15, 0.2) is 5.78 Å². The highest BCUT2D eigenvalue weighted by atomic mass is 16.6. The highest BCUT2D eigenvalue weighted by molar-refractivity contribution is 5.98. The molecule has 1 aromatic rings. The predicted molar refractivity (Wildman–Crippen MR) is 97.1 cm³/mol. The molecule has 0 radical (unpaired) electrons. The Balaban J connectivity index is 1.41. The first-order chi connectivity index (χ1) is 12.7. The van der Waals surface area contributed by atoms with Crippen molar-refractivity contribution in [3.8, 4) is 5.75 Å². The SMILES string of the molecule is O=C1C=C2CCCC[C@@]23CC2=CN(C(=O)Oc4ccccc4)C=CC2[C@@H]13. The van der Waals surface area contributed by atoms with Crippen LogP contribution in [-0.4, -0.2) is 16.8 Å². The molecule has 5 rings (SSSR count). The molecule has 0 bridgehead atoms. The van der Waals surface area contributed by atoms with Crippen molar-refractivity contribution >= 4 is 11.9 Å². The van der Waals surface area contributed by atoms with Gasteiger partial charge in [-0.3, -0.25) is 9.69 Å². The third-order valence-corrected chi connectivity index (χ3v) is 6.40. The van der Waals surface area contributed by atoms with Crippen molar-refractivity contribution < 1.29 is 14.3 Å². The summed E-state index contributed by atoms with van der Waals surface area (Å²) in [4.78, 5) is 26.7. The number of hydrogen-bond acceptors (Lipinski definition) is 3. The molecule has 1 spiro atoms. The Morgan fingerprint density at radius 3 is 2.88 bits per heavy atom. The summed E-state index contributed by atoms with van der Waals surface area (Å²) < 4.78 is 5.44. The smallest absolute Gasteiger partial charge is 0.410 e. The lowest BCUT2D eigenvalue weighted by atomic mass is 9.66. The number of fused-ring (bicyclic) bond motifs is 2. The molecule has 1 amide bonds. The minimum atomic E-state index is -0.418. The Kier molecular flexibility index (Phi) is 3.42. The van der Waals surface area contributed by atoms with Crippen LogP contribution in [0, 0.1) is 17.3 Å². The van der Waals surface area contributed by atoms with E-state index in [4.69, 9.17) is 4.74 Å². The molecule has 0 aromatic heterocycles. The average molecular weight is 347 g/mol. The highest BCUT2D eigenvalue weighted by Crippen LogP contribution is 2.63. The zero-order valence-corrected chi connectivity index (χ0v) is 14.6. The zero-order valence-electron chi connectivity index (χ0n) is 14.6. The number of ether oxygens (including phenoxy) is 1. The summed E-state index contributed by atoms with van der Waals surface area (Å²) in [5.74, 6) is 0.962. The number of ketones is 1. The van der Waals surface area contributed by atoms with E-state index in [-0.39, 0.29) is 23.0 Å². The van der Waals surface area contributed by atoms with Gasteiger partial charge in [-0.15, -0.1) is 0 Å². The van der Waals surface area contributed by atoms with Gasteiger partial charge in [-0.25, -0.2) is 4.79 Å². The number of carbonyl (C=O) groups excluding carboxylic acids is 2. The maximum Gasteiger partial charge on any atom is 0.423 e. The van der Waals surface area contributed by atoms with Crippen LogP contribution < -0.4 is 4.74 Å². The zero-order chi connectivity index (χ0) is 17.7. The lowest BCUT2D eigenvalue weighted by Crippen LogP contribution is -2.32. The molecular formula is C22H21NO3. The molecule has 0 saturated heterocycles. The van der Waals surface area contributed by atoms with E-state index in [0.29, 0.717) is 5.75 Å². The molecule has 4 nitrogen and oxygen atoms in total. The van der Waals surface area contributed by atoms with Gasteiger partial charge in [-0.1, -0.05) is 36.3 Å². The molecule has 1 aromatic carbocycles. The minimum Gasteiger partial charge on any atom is -0.410 e. The largest absolute Gasteiger partial charge is 0.423 e. The van der Waals surface area contributed by atoms with E-state index in [1.165, 1.54) is 28.9 Å². The highest BCUT2D eigenvalue weighted by Gasteiger charge is 2.58. The van der Waals surface area contributed by atoms with E-state index in [1.54, 1.807) is 18.3 Å². The van der Waals surface area contributed by atoms with E-state index >= 15 is 0 Å². The Bertz CT molecular complexity index is 867. The van der Waals surface area contributed by atoms with Crippen LogP contribution in [-0.2, 0) is 4.79 Å². The van der Waals surface area contributed by atoms with Crippen LogP contribution >= 0.6 is 0 Å². The second-order valence-electron chi connectivity index (χ2n) is 7.75. The van der Waals surface area contributed by atoms with Gasteiger partial charge >= 0.3 is 6.09 Å². The van der Waals surface area contributed by atoms with Crippen LogP contribution in [0.25, 0.3) is 0 Å². The van der Waals surface area contributed by atoms with Crippen LogP contribution in [0.2, 0.25) is 0 Å². The van der Waals surface area contributed by atoms with Crippen molar-refractivity contribution in [3.63, 3.8) is 0 Å². The quantitative estimate of drug-likeness (QED) is 0.745. The van der Waals surface area contributed by atoms with Crippen LogP contribution in [0.1, 0.15) is 32.1 Å². The molecule has 3 atom stereocenters. The first-order valence-electron chi connectivity index (χ1n) is 9.36. The third kappa shape index (κ3) is 2.21. The van der Waals surface area contributed by atoms with E-state index in [9.17, 15) is 9.59 Å². The Labute approximate surface area is 152 Å². The van der Waals surface area contributed by atoms with Gasteiger partial charge in [0, 0.05) is 29.7 Å². The van der Waals surface area contributed by atoms with Crippen molar-refractivity contribution in [2.75, 3.05) is 0 Å². The number of nitrogens with zero attached hydrogens (tertiary/aromatic N) is 1. The summed E-state index contributed by atoms with van der Waals surface area (Å²) in [5, 5.41) is 0. The molecular weight excluding hydrogens is 326 g/mol. The van der Waals surface area contributed by atoms with Gasteiger partial charge in [0.05, 0.1) is 0 Å². The molecule has 132 valence electrons. The number of hydrogen-bond donors (Lipinski definition) is 0. The molecule has 1 aliphatic heterocycles. The molecule has 2 saturated carbocycles. The van der Waals surface area contributed by atoms with Crippen molar-refractivity contribution in [2.24, 2.45) is 17.3 Å². The van der Waals surface area contributed by atoms with Gasteiger partial charge < -0.3 is 4.74 Å². The topological polar surface area (TPSA) is 46.6 Å². The minimum absolute atomic E-state index is 0.00944. The number of carbonyl (C=O) groups is 2. The summed E-state index contributed by atoms with van der Waals surface area (Å²) >= 11 is 0. The Morgan fingerprint density at radius 2 is 2.04 bits per heavy atom. The summed E-state index contributed by atoms with van der Waals surface area (Å²) in [6.45, 7) is 0. The molecule has 4 heteroatoms. The first-order valence-corrected chi connectivity index (χ1v) is 9.36.